The molecule has 5 rings (SSSR count). The Bertz CT molecular complexity index is 1850. The Hall–Kier alpha value is -4.68. The van der Waals surface area contributed by atoms with Gasteiger partial charge in [0.2, 0.25) is 11.9 Å². The smallest absolute Gasteiger partial charge is 0.421 e. The Kier molecular flexibility index (Phi) is 10.5. The lowest BCUT2D eigenvalue weighted by atomic mass is 10.0. The van der Waals surface area contributed by atoms with E-state index in [-0.39, 0.29) is 55.1 Å². The van der Waals surface area contributed by atoms with E-state index in [1.807, 2.05) is 15.7 Å². The van der Waals surface area contributed by atoms with Crippen LogP contribution in [0.25, 0.3) is 11.0 Å². The lowest BCUT2D eigenvalue weighted by molar-refractivity contribution is -0.122. The predicted molar refractivity (Wildman–Crippen MR) is 177 cm³/mol. The summed E-state index contributed by atoms with van der Waals surface area (Å²) in [5, 5.41) is 6.20. The van der Waals surface area contributed by atoms with Gasteiger partial charge in [0.15, 0.2) is 5.78 Å². The van der Waals surface area contributed by atoms with E-state index in [1.165, 1.54) is 13.8 Å². The van der Waals surface area contributed by atoms with Gasteiger partial charge in [-0.05, 0) is 51.3 Å². The van der Waals surface area contributed by atoms with Gasteiger partial charge < -0.3 is 26.0 Å². The van der Waals surface area contributed by atoms with E-state index < -0.39 is 28.3 Å². The Morgan fingerprint density at radius 3 is 2.42 bits per heavy atom. The molecule has 258 valence electrons. The van der Waals surface area contributed by atoms with Crippen LogP contribution >= 0.6 is 0 Å². The molecule has 2 fully saturated rings. The molecule has 1 saturated carbocycles. The van der Waals surface area contributed by atoms with Crippen LogP contribution in [0.15, 0.2) is 29.3 Å². The number of ether oxygens (including phenoxy) is 1. The third kappa shape index (κ3) is 7.71. The fraction of sp³-hybridized carbons (Fsp3) is 0.500. The quantitative estimate of drug-likeness (QED) is 0.164. The number of anilines is 3. The number of rotatable bonds is 11. The highest BCUT2D eigenvalue weighted by atomic mass is 32.2. The van der Waals surface area contributed by atoms with Crippen LogP contribution in [0.4, 0.5) is 22.2 Å². The number of piperazine rings is 1. The van der Waals surface area contributed by atoms with Crippen molar-refractivity contribution < 1.29 is 27.5 Å². The zero-order chi connectivity index (χ0) is 34.6. The molecule has 18 heteroatoms. The monoisotopic (exact) mass is 684 g/mol. The molecule has 0 radical (unpaired) electrons. The average Bonchev–Trinajstić information content (AvgIpc) is 3.57. The van der Waals surface area contributed by atoms with Gasteiger partial charge in [0.1, 0.15) is 18.1 Å². The molecule has 2 amide bonds. The summed E-state index contributed by atoms with van der Waals surface area (Å²) in [7, 11) is -4.14. The molecule has 4 heterocycles. The molecule has 1 saturated heterocycles. The van der Waals surface area contributed by atoms with Crippen LogP contribution < -0.4 is 31.5 Å². The topological polar surface area (TPSA) is 224 Å². The first kappa shape index (κ1) is 34.6. The number of carbonyl (C=O) groups is 3. The standard InChI is InChI=1S/C30H40N10O7S/c1-18-23-17-34-29(36-26(23)40(21-6-4-5-7-21)28(43)25(18)20(3)41)35-24-9-8-22(16-33-24)38-11-13-39(14-12-38)48(45,46)37-30(44)47-15-10-32-27(42)19(2)31/h8-9,16-17,19,21H,4-7,10-15,31H2,1-3H3,(H,32,42)(H,37,44)(H,33,34,35,36)/t19-/m1/s1. The molecule has 5 N–H and O–H groups in total. The summed E-state index contributed by atoms with van der Waals surface area (Å²) in [6, 6.07) is 2.82. The van der Waals surface area contributed by atoms with Crippen LogP contribution in [-0.4, -0.2) is 95.4 Å². The van der Waals surface area contributed by atoms with Crippen molar-refractivity contribution >= 4 is 56.5 Å². The molecular formula is C30H40N10O7S. The molecule has 3 aromatic rings. The highest BCUT2D eigenvalue weighted by Gasteiger charge is 2.29. The van der Waals surface area contributed by atoms with Gasteiger partial charge in [0.05, 0.1) is 30.0 Å². The summed E-state index contributed by atoms with van der Waals surface area (Å²) in [6.07, 6.45) is 5.81. The van der Waals surface area contributed by atoms with Gasteiger partial charge in [-0.25, -0.2) is 19.5 Å². The first-order valence-corrected chi connectivity index (χ1v) is 17.2. The van der Waals surface area contributed by atoms with E-state index in [0.29, 0.717) is 35.5 Å². The van der Waals surface area contributed by atoms with Gasteiger partial charge in [-0.2, -0.15) is 17.7 Å². The summed E-state index contributed by atoms with van der Waals surface area (Å²) in [4.78, 5) is 64.9. The van der Waals surface area contributed by atoms with E-state index in [4.69, 9.17) is 15.5 Å². The van der Waals surface area contributed by atoms with Crippen molar-refractivity contribution in [3.8, 4) is 0 Å². The number of hydrogen-bond donors (Lipinski definition) is 4. The van der Waals surface area contributed by atoms with Crippen LogP contribution in [0.1, 0.15) is 61.5 Å². The maximum atomic E-state index is 13.5. The Morgan fingerprint density at radius 1 is 1.08 bits per heavy atom. The molecule has 2 aliphatic rings. The van der Waals surface area contributed by atoms with Crippen LogP contribution in [0.3, 0.4) is 0 Å². The number of aromatic nitrogens is 4. The Labute approximate surface area is 277 Å². The number of hydrogen-bond acceptors (Lipinski definition) is 13. The summed E-state index contributed by atoms with van der Waals surface area (Å²) in [6.45, 7) is 5.35. The molecule has 0 unspecified atom stereocenters. The zero-order valence-electron chi connectivity index (χ0n) is 27.1. The Morgan fingerprint density at radius 2 is 1.79 bits per heavy atom. The molecule has 0 aromatic carbocycles. The minimum atomic E-state index is -4.14. The lowest BCUT2D eigenvalue weighted by Gasteiger charge is -2.34. The molecule has 48 heavy (non-hydrogen) atoms. The molecule has 1 aliphatic carbocycles. The summed E-state index contributed by atoms with van der Waals surface area (Å²) >= 11 is 0. The van der Waals surface area contributed by atoms with Crippen molar-refractivity contribution in [1.82, 2.24) is 33.9 Å². The minimum absolute atomic E-state index is 0.00445. The summed E-state index contributed by atoms with van der Waals surface area (Å²) < 4.78 is 34.9. The molecule has 17 nitrogen and oxygen atoms in total. The second-order valence-corrected chi connectivity index (χ2v) is 13.5. The van der Waals surface area contributed by atoms with Gasteiger partial charge in [-0.3, -0.25) is 19.0 Å². The average molecular weight is 685 g/mol. The van der Waals surface area contributed by atoms with Gasteiger partial charge in [0.25, 0.3) is 5.56 Å². The molecule has 1 atom stereocenters. The van der Waals surface area contributed by atoms with Gasteiger partial charge in [0, 0.05) is 43.8 Å². The van der Waals surface area contributed by atoms with Gasteiger partial charge >= 0.3 is 16.3 Å². The van der Waals surface area contributed by atoms with Gasteiger partial charge in [-0.1, -0.05) is 12.8 Å². The fourth-order valence-corrected chi connectivity index (χ4v) is 6.98. The van der Waals surface area contributed by atoms with E-state index in [9.17, 15) is 27.6 Å². The maximum absolute atomic E-state index is 13.5. The number of amides is 2. The fourth-order valence-electron chi connectivity index (χ4n) is 5.94. The maximum Gasteiger partial charge on any atom is 0.421 e. The van der Waals surface area contributed by atoms with Crippen molar-refractivity contribution in [2.75, 3.05) is 49.5 Å². The van der Waals surface area contributed by atoms with Crippen molar-refractivity contribution in [1.29, 1.82) is 0 Å². The second-order valence-electron chi connectivity index (χ2n) is 11.8. The third-order valence-corrected chi connectivity index (χ3v) is 9.91. The normalized spacial score (nSPS) is 16.5. The summed E-state index contributed by atoms with van der Waals surface area (Å²) in [5.41, 5.74) is 7.08. The van der Waals surface area contributed by atoms with Crippen LogP contribution in [0.2, 0.25) is 0 Å². The van der Waals surface area contributed by atoms with Crippen LogP contribution in [0, 0.1) is 6.92 Å². The number of aryl methyl sites for hydroxylation is 1. The SMILES string of the molecule is CC(=O)c1c(C)c2cnc(Nc3ccc(N4CCN(S(=O)(=O)NC(=O)OCCNC(=O)[C@@H](C)N)CC4)cn3)nc2n(C2CCCC2)c1=O. The van der Waals surface area contributed by atoms with Crippen molar-refractivity contribution in [3.63, 3.8) is 0 Å². The first-order chi connectivity index (χ1) is 22.9. The number of nitrogens with one attached hydrogen (secondary N) is 3. The molecule has 0 bridgehead atoms. The second kappa shape index (κ2) is 14.6. The number of Topliss-reactive ketones (excluding diaryl/α,β-unsaturated/α-hetero) is 1. The molecule has 3 aromatic heterocycles. The number of ketones is 1. The number of nitrogens with two attached hydrogens (primary N) is 1. The minimum Gasteiger partial charge on any atom is -0.447 e. The number of fused-ring (bicyclic) bond motifs is 1. The van der Waals surface area contributed by atoms with Crippen molar-refractivity contribution in [2.45, 2.75) is 58.5 Å². The van der Waals surface area contributed by atoms with E-state index in [1.54, 1.807) is 30.0 Å². The zero-order valence-corrected chi connectivity index (χ0v) is 27.9. The van der Waals surface area contributed by atoms with E-state index >= 15 is 0 Å². The van der Waals surface area contributed by atoms with E-state index in [2.05, 4.69) is 20.6 Å². The highest BCUT2D eigenvalue weighted by Crippen LogP contribution is 2.32. The van der Waals surface area contributed by atoms with Crippen LogP contribution in [0.5, 0.6) is 0 Å². The van der Waals surface area contributed by atoms with Crippen LogP contribution in [-0.2, 0) is 19.7 Å². The lowest BCUT2D eigenvalue weighted by Crippen LogP contribution is -2.53. The number of nitrogens with zero attached hydrogens (tertiary/aromatic N) is 6. The molecule has 0 spiro atoms. The predicted octanol–water partition coefficient (Wildman–Crippen LogP) is 1.11. The summed E-state index contributed by atoms with van der Waals surface area (Å²) in [5.74, 6) is 0.0162. The third-order valence-electron chi connectivity index (χ3n) is 8.44. The highest BCUT2D eigenvalue weighted by molar-refractivity contribution is 7.87. The largest absolute Gasteiger partial charge is 0.447 e. The number of pyridine rings is 2. The van der Waals surface area contributed by atoms with E-state index in [0.717, 1.165) is 35.7 Å². The number of carbonyl (C=O) groups excluding carboxylic acids is 3. The van der Waals surface area contributed by atoms with Crippen molar-refractivity contribution in [3.05, 3.63) is 46.0 Å². The Balaban J connectivity index is 1.19. The first-order valence-electron chi connectivity index (χ1n) is 15.7. The van der Waals surface area contributed by atoms with Gasteiger partial charge in [-0.15, -0.1) is 0 Å². The molecule has 1 aliphatic heterocycles. The molecular weight excluding hydrogens is 644 g/mol. The van der Waals surface area contributed by atoms with Crippen molar-refractivity contribution in [2.24, 2.45) is 5.73 Å².